The van der Waals surface area contributed by atoms with Crippen molar-refractivity contribution in [3.63, 3.8) is 0 Å². The molecule has 0 saturated carbocycles. The highest BCUT2D eigenvalue weighted by Gasteiger charge is 2.29. The molecule has 1 aromatic carbocycles. The van der Waals surface area contributed by atoms with Gasteiger partial charge >= 0.3 is 0 Å². The van der Waals surface area contributed by atoms with Gasteiger partial charge in [-0.15, -0.1) is 0 Å². The fraction of sp³-hybridized carbons (Fsp3) is 0.348. The fourth-order valence-electron chi connectivity index (χ4n) is 3.76. The van der Waals surface area contributed by atoms with E-state index in [-0.39, 0.29) is 5.41 Å². The summed E-state index contributed by atoms with van der Waals surface area (Å²) in [4.78, 5) is 14.6. The van der Waals surface area contributed by atoms with Gasteiger partial charge in [0.25, 0.3) is 0 Å². The zero-order valence-electron chi connectivity index (χ0n) is 16.0. The third-order valence-corrected chi connectivity index (χ3v) is 5.20. The molecule has 0 bridgehead atoms. The number of hydrogen-bond acceptors (Lipinski definition) is 3. The molecule has 2 aromatic heterocycles. The number of aryl methyl sites for hydroxylation is 3. The zero-order chi connectivity index (χ0) is 18.3. The molecule has 1 aliphatic carbocycles. The highest BCUT2D eigenvalue weighted by Crippen LogP contribution is 2.39. The summed E-state index contributed by atoms with van der Waals surface area (Å²) >= 11 is 0. The van der Waals surface area contributed by atoms with Crippen LogP contribution in [-0.4, -0.2) is 15.0 Å². The summed E-state index contributed by atoms with van der Waals surface area (Å²) in [6.07, 6.45) is 3.18. The Bertz CT molecular complexity index is 973. The van der Waals surface area contributed by atoms with Gasteiger partial charge in [-0.1, -0.05) is 43.7 Å². The monoisotopic (exact) mass is 343 g/mol. The number of fused-ring (bicyclic) bond motifs is 1. The molecule has 3 aromatic rings. The molecule has 132 valence electrons. The highest BCUT2D eigenvalue weighted by molar-refractivity contribution is 5.68. The number of benzene rings is 1. The summed E-state index contributed by atoms with van der Waals surface area (Å²) in [7, 11) is 0. The van der Waals surface area contributed by atoms with E-state index in [1.165, 1.54) is 22.4 Å². The second-order valence-corrected chi connectivity index (χ2v) is 8.20. The minimum absolute atomic E-state index is 0.290. The molecule has 4 rings (SSSR count). The van der Waals surface area contributed by atoms with Crippen molar-refractivity contribution in [3.8, 4) is 22.8 Å². The van der Waals surface area contributed by atoms with Crippen LogP contribution in [0.1, 0.15) is 42.8 Å². The number of rotatable bonds is 2. The van der Waals surface area contributed by atoms with Crippen LogP contribution in [0.3, 0.4) is 0 Å². The van der Waals surface area contributed by atoms with Gasteiger partial charge in [-0.3, -0.25) is 0 Å². The van der Waals surface area contributed by atoms with Crippen molar-refractivity contribution < 1.29 is 0 Å². The van der Waals surface area contributed by atoms with Crippen LogP contribution in [0.4, 0.5) is 0 Å². The van der Waals surface area contributed by atoms with Crippen LogP contribution < -0.4 is 0 Å². The van der Waals surface area contributed by atoms with Gasteiger partial charge in [0.2, 0.25) is 0 Å². The van der Waals surface area contributed by atoms with Crippen molar-refractivity contribution in [2.24, 2.45) is 5.41 Å². The Kier molecular flexibility index (Phi) is 4.10. The second-order valence-electron chi connectivity index (χ2n) is 8.20. The van der Waals surface area contributed by atoms with Crippen LogP contribution in [0, 0.1) is 19.3 Å². The van der Waals surface area contributed by atoms with Gasteiger partial charge in [0.05, 0.1) is 5.69 Å². The molecule has 1 aliphatic rings. The topological polar surface area (TPSA) is 38.7 Å². The van der Waals surface area contributed by atoms with Gasteiger partial charge in [0, 0.05) is 22.5 Å². The normalized spacial score (nSPS) is 15.5. The van der Waals surface area contributed by atoms with Crippen LogP contribution in [-0.2, 0) is 12.8 Å². The van der Waals surface area contributed by atoms with E-state index < -0.39 is 0 Å². The Balaban J connectivity index is 1.94. The molecule has 0 amide bonds. The quantitative estimate of drug-likeness (QED) is 0.630. The van der Waals surface area contributed by atoms with E-state index in [2.05, 4.69) is 50.0 Å². The molecule has 0 aliphatic heterocycles. The number of nitrogens with zero attached hydrogens (tertiary/aromatic N) is 3. The minimum Gasteiger partial charge on any atom is -0.250 e. The Morgan fingerprint density at radius 3 is 2.50 bits per heavy atom. The van der Waals surface area contributed by atoms with Crippen molar-refractivity contribution in [2.45, 2.75) is 47.0 Å². The maximum atomic E-state index is 5.00. The fourth-order valence-corrected chi connectivity index (χ4v) is 3.76. The molecule has 0 spiro atoms. The Hall–Kier alpha value is -2.55. The Labute approximate surface area is 155 Å². The zero-order valence-corrected chi connectivity index (χ0v) is 16.0. The van der Waals surface area contributed by atoms with E-state index in [0.29, 0.717) is 0 Å². The molecule has 0 atom stereocenters. The molecule has 0 unspecified atom stereocenters. The Morgan fingerprint density at radius 2 is 1.73 bits per heavy atom. The molecule has 26 heavy (non-hydrogen) atoms. The van der Waals surface area contributed by atoms with Crippen LogP contribution in [0.25, 0.3) is 22.8 Å². The van der Waals surface area contributed by atoms with Crippen LogP contribution in [0.15, 0.2) is 42.5 Å². The van der Waals surface area contributed by atoms with E-state index >= 15 is 0 Å². The number of pyridine rings is 1. The average molecular weight is 343 g/mol. The van der Waals surface area contributed by atoms with E-state index in [1.54, 1.807) is 0 Å². The lowest BCUT2D eigenvalue weighted by molar-refractivity contribution is 0.312. The van der Waals surface area contributed by atoms with Crippen molar-refractivity contribution in [3.05, 3.63) is 65.0 Å². The lowest BCUT2D eigenvalue weighted by atomic mass is 9.75. The SMILES string of the molecule is Cc1cccc(-c2nc(-c3cccc(C)n3)nc3c2CC(C)(C)CC3)c1. The first-order valence-corrected chi connectivity index (χ1v) is 9.32. The lowest BCUT2D eigenvalue weighted by Gasteiger charge is -2.32. The van der Waals surface area contributed by atoms with Gasteiger partial charge in [0.15, 0.2) is 5.82 Å². The van der Waals surface area contributed by atoms with Gasteiger partial charge in [0.1, 0.15) is 5.69 Å². The number of hydrogen-bond donors (Lipinski definition) is 0. The largest absolute Gasteiger partial charge is 0.250 e. The molecular formula is C23H25N3. The van der Waals surface area contributed by atoms with Crippen molar-refractivity contribution in [2.75, 3.05) is 0 Å². The Morgan fingerprint density at radius 1 is 0.923 bits per heavy atom. The van der Waals surface area contributed by atoms with E-state index in [9.17, 15) is 0 Å². The summed E-state index contributed by atoms with van der Waals surface area (Å²) in [5.41, 5.74) is 8.13. The lowest BCUT2D eigenvalue weighted by Crippen LogP contribution is -2.24. The average Bonchev–Trinajstić information content (AvgIpc) is 2.60. The molecule has 0 saturated heterocycles. The van der Waals surface area contributed by atoms with Gasteiger partial charge in [-0.25, -0.2) is 15.0 Å². The van der Waals surface area contributed by atoms with Crippen molar-refractivity contribution >= 4 is 0 Å². The summed E-state index contributed by atoms with van der Waals surface area (Å²) in [6, 6.07) is 14.6. The standard InChI is InChI=1S/C23H25N3/c1-15-7-5-9-17(13-15)21-18-14-23(3,4)12-11-19(18)25-22(26-21)20-10-6-8-16(2)24-20/h5-10,13H,11-12,14H2,1-4H3. The molecule has 2 heterocycles. The summed E-state index contributed by atoms with van der Waals surface area (Å²) in [5.74, 6) is 0.740. The molecule has 3 nitrogen and oxygen atoms in total. The predicted molar refractivity (Wildman–Crippen MR) is 106 cm³/mol. The van der Waals surface area contributed by atoms with Crippen LogP contribution in [0.2, 0.25) is 0 Å². The second kappa shape index (κ2) is 6.31. The minimum atomic E-state index is 0.290. The van der Waals surface area contributed by atoms with E-state index in [1.807, 2.05) is 25.1 Å². The summed E-state index contributed by atoms with van der Waals surface area (Å²) < 4.78 is 0. The molecular weight excluding hydrogens is 318 g/mol. The summed E-state index contributed by atoms with van der Waals surface area (Å²) in [5, 5.41) is 0. The third kappa shape index (κ3) is 3.26. The van der Waals surface area contributed by atoms with E-state index in [4.69, 9.17) is 9.97 Å². The van der Waals surface area contributed by atoms with Crippen LogP contribution in [0.5, 0.6) is 0 Å². The third-order valence-electron chi connectivity index (χ3n) is 5.20. The van der Waals surface area contributed by atoms with Crippen molar-refractivity contribution in [1.29, 1.82) is 0 Å². The van der Waals surface area contributed by atoms with Crippen molar-refractivity contribution in [1.82, 2.24) is 15.0 Å². The van der Waals surface area contributed by atoms with Gasteiger partial charge in [-0.05, 0) is 56.7 Å². The smallest absolute Gasteiger partial charge is 0.178 e. The molecule has 0 radical (unpaired) electrons. The molecule has 0 N–H and O–H groups in total. The number of aromatic nitrogens is 3. The predicted octanol–water partition coefficient (Wildman–Crippen LogP) is 5.34. The van der Waals surface area contributed by atoms with E-state index in [0.717, 1.165) is 42.2 Å². The van der Waals surface area contributed by atoms with Gasteiger partial charge < -0.3 is 0 Å². The first-order chi connectivity index (χ1) is 12.4. The maximum Gasteiger partial charge on any atom is 0.178 e. The van der Waals surface area contributed by atoms with Gasteiger partial charge in [-0.2, -0.15) is 0 Å². The first-order valence-electron chi connectivity index (χ1n) is 9.32. The molecule has 3 heteroatoms. The maximum absolute atomic E-state index is 5.00. The highest BCUT2D eigenvalue weighted by atomic mass is 14.9. The molecule has 0 fully saturated rings. The van der Waals surface area contributed by atoms with Crippen LogP contribution >= 0.6 is 0 Å². The summed E-state index contributed by atoms with van der Waals surface area (Å²) in [6.45, 7) is 8.81. The first kappa shape index (κ1) is 16.9.